The number of hydrogen-bond acceptors (Lipinski definition) is 5. The van der Waals surface area contributed by atoms with Crippen molar-refractivity contribution >= 4 is 22.9 Å². The number of nitrogens with zero attached hydrogens (tertiary/aromatic N) is 1. The van der Waals surface area contributed by atoms with Gasteiger partial charge in [0.2, 0.25) is 11.9 Å². The van der Waals surface area contributed by atoms with Crippen LogP contribution in [0.3, 0.4) is 0 Å². The van der Waals surface area contributed by atoms with Gasteiger partial charge in [-0.15, -0.1) is 0 Å². The summed E-state index contributed by atoms with van der Waals surface area (Å²) in [4.78, 5) is 34.3. The third kappa shape index (κ3) is 4.41. The molecule has 8 nitrogen and oxygen atoms in total. The van der Waals surface area contributed by atoms with Gasteiger partial charge in [-0.05, 0) is 30.2 Å². The van der Waals surface area contributed by atoms with Crippen LogP contribution in [0, 0.1) is 17.3 Å². The third-order valence-electron chi connectivity index (χ3n) is 4.15. The van der Waals surface area contributed by atoms with Gasteiger partial charge in [0.05, 0.1) is 30.9 Å². The van der Waals surface area contributed by atoms with Crippen LogP contribution in [-0.2, 0) is 4.79 Å². The second kappa shape index (κ2) is 7.72. The van der Waals surface area contributed by atoms with Crippen molar-refractivity contribution < 1.29 is 14.3 Å². The van der Waals surface area contributed by atoms with E-state index in [0.717, 1.165) is 0 Å². The summed E-state index contributed by atoms with van der Waals surface area (Å²) in [5, 5.41) is 2.97. The van der Waals surface area contributed by atoms with Gasteiger partial charge >= 0.3 is 0 Å². The number of nitrogens with one attached hydrogen (secondary N) is 3. The average Bonchev–Trinajstić information content (AvgIpc) is 3.09. The maximum atomic E-state index is 12.4. The van der Waals surface area contributed by atoms with Gasteiger partial charge in [-0.3, -0.25) is 19.9 Å². The van der Waals surface area contributed by atoms with E-state index in [2.05, 4.69) is 32.1 Å². The molecule has 150 valence electrons. The van der Waals surface area contributed by atoms with Crippen molar-refractivity contribution in [3.8, 4) is 23.3 Å². The van der Waals surface area contributed by atoms with Crippen LogP contribution in [-0.4, -0.2) is 35.1 Å². The number of methoxy groups -OCH3 is 2. The highest BCUT2D eigenvalue weighted by Crippen LogP contribution is 2.23. The fourth-order valence-electron chi connectivity index (χ4n) is 2.49. The summed E-state index contributed by atoms with van der Waals surface area (Å²) in [7, 11) is 3.14. The molecule has 0 fully saturated rings. The van der Waals surface area contributed by atoms with E-state index in [1.807, 2.05) is 0 Å². The molecule has 0 atom stereocenters. The number of ether oxygens (including phenoxy) is 2. The number of benzene rings is 1. The molecule has 0 aliphatic rings. The summed E-state index contributed by atoms with van der Waals surface area (Å²) < 4.78 is 10.5. The Morgan fingerprint density at radius 2 is 1.86 bits per heavy atom. The maximum Gasteiger partial charge on any atom is 0.261 e. The van der Waals surface area contributed by atoms with Crippen molar-refractivity contribution in [3.63, 3.8) is 0 Å². The Morgan fingerprint density at radius 3 is 2.52 bits per heavy atom. The zero-order chi connectivity index (χ0) is 21.2. The monoisotopic (exact) mass is 394 g/mol. The van der Waals surface area contributed by atoms with Crippen LogP contribution < -0.4 is 20.3 Å². The lowest BCUT2D eigenvalue weighted by Gasteiger charge is -2.16. The van der Waals surface area contributed by atoms with E-state index in [4.69, 9.17) is 9.47 Å². The predicted octanol–water partition coefficient (Wildman–Crippen LogP) is 2.65. The zero-order valence-electron chi connectivity index (χ0n) is 16.9. The highest BCUT2D eigenvalue weighted by Gasteiger charge is 2.22. The quantitative estimate of drug-likeness (QED) is 0.592. The highest BCUT2D eigenvalue weighted by atomic mass is 16.5. The molecule has 2 aromatic heterocycles. The SMILES string of the molecule is COc1ccc(OC)c(C#Cc2cc3c(=O)[nH]c(NC(=O)C(C)(C)C)nc3[nH]2)c1. The molecule has 2 heterocycles. The fourth-order valence-corrected chi connectivity index (χ4v) is 2.49. The summed E-state index contributed by atoms with van der Waals surface area (Å²) in [6.07, 6.45) is 0. The van der Waals surface area contributed by atoms with Crippen LogP contribution in [0.15, 0.2) is 29.1 Å². The van der Waals surface area contributed by atoms with Crippen LogP contribution in [0.4, 0.5) is 5.95 Å². The predicted molar refractivity (Wildman–Crippen MR) is 110 cm³/mol. The fraction of sp³-hybridized carbons (Fsp3) is 0.286. The molecule has 1 aromatic carbocycles. The number of anilines is 1. The normalized spacial score (nSPS) is 10.9. The molecule has 0 aliphatic carbocycles. The van der Waals surface area contributed by atoms with Crippen LogP contribution in [0.5, 0.6) is 11.5 Å². The van der Waals surface area contributed by atoms with Crippen molar-refractivity contribution in [3.05, 3.63) is 45.9 Å². The van der Waals surface area contributed by atoms with Crippen LogP contribution in [0.1, 0.15) is 32.0 Å². The molecule has 8 heteroatoms. The molecule has 0 spiro atoms. The smallest absolute Gasteiger partial charge is 0.261 e. The lowest BCUT2D eigenvalue weighted by molar-refractivity contribution is -0.123. The number of aromatic nitrogens is 3. The second-order valence-corrected chi connectivity index (χ2v) is 7.38. The largest absolute Gasteiger partial charge is 0.497 e. The minimum Gasteiger partial charge on any atom is -0.497 e. The Hall–Kier alpha value is -3.73. The Bertz CT molecular complexity index is 1190. The molecule has 0 saturated carbocycles. The standard InChI is InChI=1S/C21H22N4O4/c1-21(2,3)19(27)25-20-23-17-15(18(26)24-20)11-13(22-17)7-6-12-10-14(28-4)8-9-16(12)29-5/h8-11H,1-5H3,(H3,22,23,24,25,26,27). The number of amides is 1. The lowest BCUT2D eigenvalue weighted by atomic mass is 9.96. The average molecular weight is 394 g/mol. The topological polar surface area (TPSA) is 109 Å². The van der Waals surface area contributed by atoms with Gasteiger partial charge in [0.1, 0.15) is 17.1 Å². The van der Waals surface area contributed by atoms with Crippen LogP contribution >= 0.6 is 0 Å². The maximum absolute atomic E-state index is 12.4. The number of fused-ring (bicyclic) bond motifs is 1. The van der Waals surface area contributed by atoms with E-state index in [1.54, 1.807) is 59.3 Å². The summed E-state index contributed by atoms with van der Waals surface area (Å²) in [6, 6.07) is 6.92. The minimum absolute atomic E-state index is 0.0817. The molecule has 0 unspecified atom stereocenters. The molecule has 0 radical (unpaired) electrons. The first kappa shape index (κ1) is 20.0. The molecule has 29 heavy (non-hydrogen) atoms. The van der Waals surface area contributed by atoms with E-state index >= 15 is 0 Å². The number of carbonyl (C=O) groups excluding carboxylic acids is 1. The molecule has 0 aliphatic heterocycles. The third-order valence-corrected chi connectivity index (χ3v) is 4.15. The molecular formula is C21H22N4O4. The first-order valence-corrected chi connectivity index (χ1v) is 8.90. The number of rotatable bonds is 3. The first-order valence-electron chi connectivity index (χ1n) is 8.90. The van der Waals surface area contributed by atoms with Crippen molar-refractivity contribution in [1.29, 1.82) is 0 Å². The highest BCUT2D eigenvalue weighted by molar-refractivity contribution is 5.93. The molecule has 0 saturated heterocycles. The molecule has 3 rings (SSSR count). The molecule has 3 N–H and O–H groups in total. The zero-order valence-corrected chi connectivity index (χ0v) is 16.9. The van der Waals surface area contributed by atoms with Gasteiger partial charge in [0.25, 0.3) is 5.56 Å². The number of hydrogen-bond donors (Lipinski definition) is 3. The second-order valence-electron chi connectivity index (χ2n) is 7.38. The number of H-pyrrole nitrogens is 2. The van der Waals surface area contributed by atoms with E-state index in [9.17, 15) is 9.59 Å². The molecule has 3 aromatic rings. The molecular weight excluding hydrogens is 372 g/mol. The minimum atomic E-state index is -0.615. The number of carbonyl (C=O) groups is 1. The van der Waals surface area contributed by atoms with E-state index in [0.29, 0.717) is 33.8 Å². The van der Waals surface area contributed by atoms with Gasteiger partial charge in [-0.1, -0.05) is 26.7 Å². The van der Waals surface area contributed by atoms with Crippen molar-refractivity contribution in [2.45, 2.75) is 20.8 Å². The Balaban J connectivity index is 1.96. The van der Waals surface area contributed by atoms with Crippen molar-refractivity contribution in [2.24, 2.45) is 5.41 Å². The molecule has 1 amide bonds. The summed E-state index contributed by atoms with van der Waals surface area (Å²) >= 11 is 0. The van der Waals surface area contributed by atoms with Gasteiger partial charge in [0, 0.05) is 5.41 Å². The van der Waals surface area contributed by atoms with E-state index in [1.165, 1.54) is 0 Å². The summed E-state index contributed by atoms with van der Waals surface area (Å²) in [5.74, 6) is 7.07. The Kier molecular flexibility index (Phi) is 5.33. The summed E-state index contributed by atoms with van der Waals surface area (Å²) in [6.45, 7) is 5.32. The summed E-state index contributed by atoms with van der Waals surface area (Å²) in [5.41, 5.74) is 0.491. The van der Waals surface area contributed by atoms with Crippen LogP contribution in [0.2, 0.25) is 0 Å². The lowest BCUT2D eigenvalue weighted by Crippen LogP contribution is -2.29. The van der Waals surface area contributed by atoms with Crippen LogP contribution in [0.25, 0.3) is 11.0 Å². The van der Waals surface area contributed by atoms with Gasteiger partial charge in [-0.25, -0.2) is 0 Å². The van der Waals surface area contributed by atoms with E-state index in [-0.39, 0.29) is 17.4 Å². The van der Waals surface area contributed by atoms with E-state index < -0.39 is 5.41 Å². The first-order chi connectivity index (χ1) is 13.7. The van der Waals surface area contributed by atoms with Crippen molar-refractivity contribution in [1.82, 2.24) is 15.0 Å². The van der Waals surface area contributed by atoms with Gasteiger partial charge in [0.15, 0.2) is 0 Å². The van der Waals surface area contributed by atoms with Crippen molar-refractivity contribution in [2.75, 3.05) is 19.5 Å². The Morgan fingerprint density at radius 1 is 1.10 bits per heavy atom. The molecule has 0 bridgehead atoms. The van der Waals surface area contributed by atoms with Gasteiger partial charge in [-0.2, -0.15) is 4.98 Å². The van der Waals surface area contributed by atoms with Gasteiger partial charge < -0.3 is 14.5 Å². The number of aromatic amines is 2. The Labute approximate surface area is 167 Å².